The number of amides is 1. The summed E-state index contributed by atoms with van der Waals surface area (Å²) in [6, 6.07) is 11.5. The van der Waals surface area contributed by atoms with Gasteiger partial charge in [-0.05, 0) is 47.4 Å². The van der Waals surface area contributed by atoms with Gasteiger partial charge in [-0.3, -0.25) is 4.79 Å². The molecule has 136 valence electrons. The first kappa shape index (κ1) is 17.9. The number of hydrogen-bond donors (Lipinski definition) is 1. The molecule has 0 aromatic heterocycles. The second-order valence-electron chi connectivity index (χ2n) is 6.35. The summed E-state index contributed by atoms with van der Waals surface area (Å²) in [6.45, 7) is 5.27. The van der Waals surface area contributed by atoms with Gasteiger partial charge >= 0.3 is 0 Å². The quantitative estimate of drug-likeness (QED) is 0.817. The number of carbonyl (C=O) groups excluding carboxylic acids is 1. The third kappa shape index (κ3) is 4.17. The van der Waals surface area contributed by atoms with Crippen LogP contribution >= 0.6 is 0 Å². The van der Waals surface area contributed by atoms with Crippen LogP contribution < -0.4 is 19.5 Å². The van der Waals surface area contributed by atoms with E-state index in [1.54, 1.807) is 13.2 Å². The summed E-state index contributed by atoms with van der Waals surface area (Å²) in [5.41, 5.74) is 2.81. The molecular weight excluding hydrogens is 330 g/mol. The highest BCUT2D eigenvalue weighted by molar-refractivity contribution is 6.02. The molecule has 5 heteroatoms. The summed E-state index contributed by atoms with van der Waals surface area (Å²) in [5, 5.41) is 2.86. The van der Waals surface area contributed by atoms with Gasteiger partial charge in [0.1, 0.15) is 13.2 Å². The molecule has 1 N–H and O–H groups in total. The fraction of sp³-hybridized carbons (Fsp3) is 0.286. The first-order valence-electron chi connectivity index (χ1n) is 8.63. The Balaban J connectivity index is 1.70. The van der Waals surface area contributed by atoms with E-state index in [0.29, 0.717) is 36.4 Å². The molecule has 0 fully saturated rings. The Kier molecular flexibility index (Phi) is 5.46. The average Bonchev–Trinajstić information content (AvgIpc) is 2.66. The number of ether oxygens (including phenoxy) is 3. The van der Waals surface area contributed by atoms with Crippen LogP contribution in [0.3, 0.4) is 0 Å². The molecule has 2 aromatic carbocycles. The molecular formula is C21H23NO4. The molecule has 0 radical (unpaired) electrons. The number of benzene rings is 2. The van der Waals surface area contributed by atoms with Gasteiger partial charge in [-0.15, -0.1) is 0 Å². The van der Waals surface area contributed by atoms with Crippen LogP contribution in [0.4, 0.5) is 5.69 Å². The molecule has 1 aliphatic rings. The number of carbonyl (C=O) groups is 1. The number of hydrogen-bond acceptors (Lipinski definition) is 4. The lowest BCUT2D eigenvalue weighted by Gasteiger charge is -2.20. The Morgan fingerprint density at radius 1 is 1.15 bits per heavy atom. The fourth-order valence-corrected chi connectivity index (χ4v) is 2.70. The molecule has 3 rings (SSSR count). The average molecular weight is 353 g/mol. The van der Waals surface area contributed by atoms with Gasteiger partial charge in [-0.25, -0.2) is 0 Å². The number of anilines is 1. The SMILES string of the molecule is COc1cc(/C=C/C(=O)Nc2ccc(C(C)C)cc2)cc2c1OCCO2. The second-order valence-corrected chi connectivity index (χ2v) is 6.35. The minimum atomic E-state index is -0.198. The van der Waals surface area contributed by atoms with Crippen molar-refractivity contribution in [2.75, 3.05) is 25.6 Å². The van der Waals surface area contributed by atoms with Crippen LogP contribution in [0.15, 0.2) is 42.5 Å². The highest BCUT2D eigenvalue weighted by Gasteiger charge is 2.17. The Hall–Kier alpha value is -2.95. The van der Waals surface area contributed by atoms with Gasteiger partial charge in [-0.1, -0.05) is 26.0 Å². The largest absolute Gasteiger partial charge is 0.493 e. The van der Waals surface area contributed by atoms with Gasteiger partial charge in [-0.2, -0.15) is 0 Å². The number of fused-ring (bicyclic) bond motifs is 1. The van der Waals surface area contributed by atoms with Crippen LogP contribution in [0.2, 0.25) is 0 Å². The zero-order chi connectivity index (χ0) is 18.5. The molecule has 0 atom stereocenters. The topological polar surface area (TPSA) is 56.8 Å². The maximum absolute atomic E-state index is 12.2. The Morgan fingerprint density at radius 2 is 1.88 bits per heavy atom. The lowest BCUT2D eigenvalue weighted by Crippen LogP contribution is -2.16. The molecule has 0 spiro atoms. The van der Waals surface area contributed by atoms with Crippen molar-refractivity contribution in [2.24, 2.45) is 0 Å². The predicted molar refractivity (Wildman–Crippen MR) is 102 cm³/mol. The maximum Gasteiger partial charge on any atom is 0.248 e. The minimum absolute atomic E-state index is 0.198. The molecule has 5 nitrogen and oxygen atoms in total. The van der Waals surface area contributed by atoms with Crippen molar-refractivity contribution in [3.8, 4) is 17.2 Å². The molecule has 0 saturated carbocycles. The van der Waals surface area contributed by atoms with Crippen molar-refractivity contribution in [3.63, 3.8) is 0 Å². The first-order valence-corrected chi connectivity index (χ1v) is 8.63. The monoisotopic (exact) mass is 353 g/mol. The third-order valence-corrected chi connectivity index (χ3v) is 4.12. The van der Waals surface area contributed by atoms with Crippen molar-refractivity contribution in [1.29, 1.82) is 0 Å². The number of methoxy groups -OCH3 is 1. The van der Waals surface area contributed by atoms with Gasteiger partial charge in [0, 0.05) is 11.8 Å². The predicted octanol–water partition coefficient (Wildman–Crippen LogP) is 4.24. The van der Waals surface area contributed by atoms with E-state index in [1.165, 1.54) is 11.6 Å². The highest BCUT2D eigenvalue weighted by Crippen LogP contribution is 2.40. The smallest absolute Gasteiger partial charge is 0.248 e. The summed E-state index contributed by atoms with van der Waals surface area (Å²) < 4.78 is 16.5. The van der Waals surface area contributed by atoms with Crippen molar-refractivity contribution >= 4 is 17.7 Å². The molecule has 26 heavy (non-hydrogen) atoms. The van der Waals surface area contributed by atoms with Crippen LogP contribution in [0.25, 0.3) is 6.08 Å². The summed E-state index contributed by atoms with van der Waals surface area (Å²) in [6.07, 6.45) is 3.21. The van der Waals surface area contributed by atoms with Gasteiger partial charge in [0.25, 0.3) is 0 Å². The van der Waals surface area contributed by atoms with Crippen molar-refractivity contribution in [1.82, 2.24) is 0 Å². The molecule has 1 amide bonds. The summed E-state index contributed by atoms with van der Waals surface area (Å²) >= 11 is 0. The van der Waals surface area contributed by atoms with E-state index >= 15 is 0 Å². The standard InChI is InChI=1S/C21H23NO4/c1-14(2)16-5-7-17(8-6-16)22-20(23)9-4-15-12-18(24-3)21-19(13-15)25-10-11-26-21/h4-9,12-14H,10-11H2,1-3H3,(H,22,23)/b9-4+. The van der Waals surface area contributed by atoms with E-state index < -0.39 is 0 Å². The molecule has 0 saturated heterocycles. The van der Waals surface area contributed by atoms with Crippen molar-refractivity contribution in [3.05, 3.63) is 53.6 Å². The molecule has 1 heterocycles. The van der Waals surface area contributed by atoms with Crippen LogP contribution in [0.5, 0.6) is 17.2 Å². The van der Waals surface area contributed by atoms with Crippen LogP contribution in [-0.2, 0) is 4.79 Å². The van der Waals surface area contributed by atoms with Crippen molar-refractivity contribution < 1.29 is 19.0 Å². The van der Waals surface area contributed by atoms with Gasteiger partial charge in [0.2, 0.25) is 11.7 Å². The highest BCUT2D eigenvalue weighted by atomic mass is 16.6. The second kappa shape index (κ2) is 7.95. The minimum Gasteiger partial charge on any atom is -0.493 e. The normalized spacial score (nSPS) is 13.1. The van der Waals surface area contributed by atoms with Crippen LogP contribution in [-0.4, -0.2) is 26.2 Å². The Morgan fingerprint density at radius 3 is 2.58 bits per heavy atom. The molecule has 1 aliphatic heterocycles. The van der Waals surface area contributed by atoms with E-state index in [-0.39, 0.29) is 5.91 Å². The van der Waals surface area contributed by atoms with E-state index in [1.807, 2.05) is 36.4 Å². The van der Waals surface area contributed by atoms with Gasteiger partial charge < -0.3 is 19.5 Å². The molecule has 2 aromatic rings. The third-order valence-electron chi connectivity index (χ3n) is 4.12. The number of nitrogens with one attached hydrogen (secondary N) is 1. The fourth-order valence-electron chi connectivity index (χ4n) is 2.70. The van der Waals surface area contributed by atoms with Crippen LogP contribution in [0, 0.1) is 0 Å². The Bertz CT molecular complexity index is 792. The van der Waals surface area contributed by atoms with E-state index in [2.05, 4.69) is 19.2 Å². The Labute approximate surface area is 153 Å². The first-order chi connectivity index (χ1) is 12.6. The van der Waals surface area contributed by atoms with Crippen LogP contribution in [0.1, 0.15) is 30.9 Å². The zero-order valence-electron chi connectivity index (χ0n) is 15.2. The number of rotatable bonds is 5. The molecule has 0 unspecified atom stereocenters. The summed E-state index contributed by atoms with van der Waals surface area (Å²) in [4.78, 5) is 12.2. The molecule has 0 bridgehead atoms. The molecule has 0 aliphatic carbocycles. The maximum atomic E-state index is 12.2. The van der Waals surface area contributed by atoms with Gasteiger partial charge in [0.05, 0.1) is 7.11 Å². The van der Waals surface area contributed by atoms with Gasteiger partial charge in [0.15, 0.2) is 11.5 Å². The van der Waals surface area contributed by atoms with E-state index in [4.69, 9.17) is 14.2 Å². The lowest BCUT2D eigenvalue weighted by molar-refractivity contribution is -0.111. The summed E-state index contributed by atoms with van der Waals surface area (Å²) in [7, 11) is 1.58. The van der Waals surface area contributed by atoms with E-state index in [9.17, 15) is 4.79 Å². The van der Waals surface area contributed by atoms with E-state index in [0.717, 1.165) is 11.3 Å². The zero-order valence-corrected chi connectivity index (χ0v) is 15.2. The lowest BCUT2D eigenvalue weighted by atomic mass is 10.0. The summed E-state index contributed by atoms with van der Waals surface area (Å²) in [5.74, 6) is 2.08. The van der Waals surface area contributed by atoms with Crippen molar-refractivity contribution in [2.45, 2.75) is 19.8 Å².